The summed E-state index contributed by atoms with van der Waals surface area (Å²) >= 11 is 0. The average molecular weight is 307 g/mol. The monoisotopic (exact) mass is 307 g/mol. The Bertz CT molecular complexity index is 801. The van der Waals surface area contributed by atoms with Gasteiger partial charge in [-0.3, -0.25) is 9.88 Å². The van der Waals surface area contributed by atoms with Crippen LogP contribution in [0.2, 0.25) is 0 Å². The van der Waals surface area contributed by atoms with Gasteiger partial charge in [-0.1, -0.05) is 12.1 Å². The Morgan fingerprint density at radius 1 is 1.04 bits per heavy atom. The van der Waals surface area contributed by atoms with Gasteiger partial charge in [-0.05, 0) is 30.7 Å². The first-order chi connectivity index (χ1) is 11.3. The van der Waals surface area contributed by atoms with Gasteiger partial charge in [0.25, 0.3) is 0 Å². The molecule has 0 spiro atoms. The zero-order valence-corrected chi connectivity index (χ0v) is 12.6. The highest BCUT2D eigenvalue weighted by molar-refractivity contribution is 5.38. The van der Waals surface area contributed by atoms with Gasteiger partial charge in [-0.2, -0.15) is 9.78 Å². The molecule has 6 nitrogen and oxygen atoms in total. The number of aromatic nitrogens is 4. The number of rotatable bonds is 3. The molecule has 0 saturated carbocycles. The molecule has 0 saturated heterocycles. The summed E-state index contributed by atoms with van der Waals surface area (Å²) in [6.45, 7) is 2.38. The van der Waals surface area contributed by atoms with Gasteiger partial charge in [0, 0.05) is 37.6 Å². The van der Waals surface area contributed by atoms with Crippen LogP contribution in [0.5, 0.6) is 5.88 Å². The molecule has 0 aliphatic carbocycles. The van der Waals surface area contributed by atoms with Crippen LogP contribution in [-0.2, 0) is 19.5 Å². The van der Waals surface area contributed by atoms with Crippen molar-refractivity contribution in [3.05, 3.63) is 65.7 Å². The largest absolute Gasteiger partial charge is 0.493 e. The van der Waals surface area contributed by atoms with E-state index >= 15 is 0 Å². The van der Waals surface area contributed by atoms with Crippen LogP contribution in [0.4, 0.5) is 0 Å². The van der Waals surface area contributed by atoms with E-state index in [1.165, 1.54) is 4.68 Å². The number of fused-ring (bicyclic) bond motifs is 1. The summed E-state index contributed by atoms with van der Waals surface area (Å²) in [6, 6.07) is 11.5. The van der Waals surface area contributed by atoms with E-state index in [2.05, 4.69) is 20.0 Å². The molecule has 6 heteroatoms. The summed E-state index contributed by atoms with van der Waals surface area (Å²) in [5.41, 5.74) is 2.88. The molecule has 23 heavy (non-hydrogen) atoms. The molecule has 1 aliphatic heterocycles. The zero-order chi connectivity index (χ0) is 15.6. The topological polar surface area (TPSA) is 67.1 Å². The van der Waals surface area contributed by atoms with Crippen LogP contribution < -0.4 is 0 Å². The number of nitrogens with zero attached hydrogens (tertiary/aromatic N) is 5. The minimum absolute atomic E-state index is 0.205. The van der Waals surface area contributed by atoms with E-state index in [4.69, 9.17) is 0 Å². The van der Waals surface area contributed by atoms with Gasteiger partial charge in [0.1, 0.15) is 0 Å². The maximum atomic E-state index is 10.4. The van der Waals surface area contributed by atoms with Gasteiger partial charge >= 0.3 is 0 Å². The quantitative estimate of drug-likeness (QED) is 0.801. The Morgan fingerprint density at radius 2 is 1.87 bits per heavy atom. The lowest BCUT2D eigenvalue weighted by Gasteiger charge is -2.25. The number of hydrogen-bond donors (Lipinski definition) is 1. The second kappa shape index (κ2) is 5.81. The van der Waals surface area contributed by atoms with Gasteiger partial charge in [0.15, 0.2) is 5.82 Å². The maximum Gasteiger partial charge on any atom is 0.219 e. The van der Waals surface area contributed by atoms with Gasteiger partial charge in [0.2, 0.25) is 5.88 Å². The maximum absolute atomic E-state index is 10.4. The highest BCUT2D eigenvalue weighted by atomic mass is 16.3. The fourth-order valence-electron chi connectivity index (χ4n) is 2.92. The van der Waals surface area contributed by atoms with Crippen molar-refractivity contribution in [2.45, 2.75) is 19.5 Å². The Balaban J connectivity index is 1.58. The summed E-state index contributed by atoms with van der Waals surface area (Å²) < 4.78 is 1.52. The average Bonchev–Trinajstić information content (AvgIpc) is 2.93. The Kier molecular flexibility index (Phi) is 3.51. The summed E-state index contributed by atoms with van der Waals surface area (Å²) in [6.07, 6.45) is 4.29. The van der Waals surface area contributed by atoms with Crippen molar-refractivity contribution in [3.8, 4) is 11.7 Å². The lowest BCUT2D eigenvalue weighted by Crippen LogP contribution is -2.30. The van der Waals surface area contributed by atoms with Gasteiger partial charge in [-0.25, -0.2) is 4.98 Å². The summed E-state index contributed by atoms with van der Waals surface area (Å²) in [5.74, 6) is 0.840. The van der Waals surface area contributed by atoms with E-state index in [9.17, 15) is 5.11 Å². The first-order valence-electron chi connectivity index (χ1n) is 7.64. The molecule has 0 aromatic carbocycles. The Morgan fingerprint density at radius 3 is 2.61 bits per heavy atom. The normalized spacial score (nSPS) is 14.6. The van der Waals surface area contributed by atoms with E-state index < -0.39 is 0 Å². The predicted octanol–water partition coefficient (Wildman–Crippen LogP) is 1.93. The van der Waals surface area contributed by atoms with Crippen LogP contribution in [0.1, 0.15) is 17.0 Å². The first kappa shape index (κ1) is 13.9. The van der Waals surface area contributed by atoms with Crippen molar-refractivity contribution in [2.24, 2.45) is 0 Å². The molecule has 1 aliphatic rings. The van der Waals surface area contributed by atoms with Crippen molar-refractivity contribution in [2.75, 3.05) is 6.54 Å². The summed E-state index contributed by atoms with van der Waals surface area (Å²) in [5, 5.41) is 15.0. The van der Waals surface area contributed by atoms with Crippen molar-refractivity contribution >= 4 is 0 Å². The molecule has 0 fully saturated rings. The second-order valence-electron chi connectivity index (χ2n) is 5.63. The Hall–Kier alpha value is -2.73. The van der Waals surface area contributed by atoms with E-state index in [-0.39, 0.29) is 5.88 Å². The number of pyridine rings is 2. The predicted molar refractivity (Wildman–Crippen MR) is 85.1 cm³/mol. The Labute approximate surface area is 134 Å². The molecule has 0 bridgehead atoms. The molecule has 3 aromatic rings. The third kappa shape index (κ3) is 2.68. The van der Waals surface area contributed by atoms with Crippen molar-refractivity contribution < 1.29 is 5.11 Å². The van der Waals surface area contributed by atoms with Gasteiger partial charge < -0.3 is 5.11 Å². The SMILES string of the molecule is Oc1c2c(nn1-c1ccccn1)CN(Cc1ccccn1)CC2. The number of hydrogen-bond acceptors (Lipinski definition) is 5. The van der Waals surface area contributed by atoms with Crippen LogP contribution in [-0.4, -0.2) is 36.3 Å². The molecule has 0 radical (unpaired) electrons. The van der Waals surface area contributed by atoms with Crippen LogP contribution in [0.3, 0.4) is 0 Å². The standard InChI is InChI=1S/C17H17N5O/c23-17-14-7-10-21(11-13-5-1-3-8-18-13)12-15(14)20-22(17)16-6-2-4-9-19-16/h1-6,8-9,23H,7,10-12H2. The fraction of sp³-hybridized carbons (Fsp3) is 0.235. The van der Waals surface area contributed by atoms with E-state index in [1.807, 2.05) is 42.6 Å². The lowest BCUT2D eigenvalue weighted by molar-refractivity contribution is 0.238. The minimum atomic E-state index is 0.205. The smallest absolute Gasteiger partial charge is 0.219 e. The highest BCUT2D eigenvalue weighted by Gasteiger charge is 2.25. The van der Waals surface area contributed by atoms with Crippen LogP contribution in [0.15, 0.2) is 48.8 Å². The first-order valence-corrected chi connectivity index (χ1v) is 7.64. The highest BCUT2D eigenvalue weighted by Crippen LogP contribution is 2.29. The van der Waals surface area contributed by atoms with E-state index in [1.54, 1.807) is 6.20 Å². The molecule has 0 unspecified atom stereocenters. The third-order valence-corrected chi connectivity index (χ3v) is 4.07. The third-order valence-electron chi connectivity index (χ3n) is 4.07. The molecule has 3 aromatic heterocycles. The lowest BCUT2D eigenvalue weighted by atomic mass is 10.1. The molecule has 4 rings (SSSR count). The van der Waals surface area contributed by atoms with E-state index in [0.29, 0.717) is 12.4 Å². The van der Waals surface area contributed by atoms with Crippen molar-refractivity contribution in [3.63, 3.8) is 0 Å². The molecule has 116 valence electrons. The van der Waals surface area contributed by atoms with Crippen molar-refractivity contribution in [1.82, 2.24) is 24.6 Å². The molecular formula is C17H17N5O. The number of aromatic hydroxyl groups is 1. The summed E-state index contributed by atoms with van der Waals surface area (Å²) in [4.78, 5) is 10.9. The van der Waals surface area contributed by atoms with Crippen LogP contribution >= 0.6 is 0 Å². The van der Waals surface area contributed by atoms with E-state index in [0.717, 1.165) is 36.5 Å². The molecular weight excluding hydrogens is 290 g/mol. The summed E-state index contributed by atoms with van der Waals surface area (Å²) in [7, 11) is 0. The van der Waals surface area contributed by atoms with Gasteiger partial charge in [0.05, 0.1) is 11.4 Å². The molecule has 4 heterocycles. The van der Waals surface area contributed by atoms with Crippen LogP contribution in [0, 0.1) is 0 Å². The van der Waals surface area contributed by atoms with Crippen molar-refractivity contribution in [1.29, 1.82) is 0 Å². The fourth-order valence-corrected chi connectivity index (χ4v) is 2.92. The zero-order valence-electron chi connectivity index (χ0n) is 12.6. The molecule has 0 atom stereocenters. The van der Waals surface area contributed by atoms with Gasteiger partial charge in [-0.15, -0.1) is 0 Å². The van der Waals surface area contributed by atoms with Crippen LogP contribution in [0.25, 0.3) is 5.82 Å². The second-order valence-corrected chi connectivity index (χ2v) is 5.63. The molecule has 1 N–H and O–H groups in total. The minimum Gasteiger partial charge on any atom is -0.493 e. The molecule has 0 amide bonds.